The van der Waals surface area contributed by atoms with Crippen LogP contribution in [0.15, 0.2) is 44.7 Å². The van der Waals surface area contributed by atoms with Crippen molar-refractivity contribution in [3.8, 4) is 0 Å². The molecular weight excluding hydrogens is 376 g/mol. The third-order valence-corrected chi connectivity index (χ3v) is 6.30. The number of thiophene rings is 1. The highest BCUT2D eigenvalue weighted by molar-refractivity contribution is 8.02. The van der Waals surface area contributed by atoms with Crippen LogP contribution in [-0.4, -0.2) is 27.9 Å². The van der Waals surface area contributed by atoms with Gasteiger partial charge in [-0.2, -0.15) is 0 Å². The number of rotatable bonds is 9. The summed E-state index contributed by atoms with van der Waals surface area (Å²) in [5, 5.41) is 17.0. The number of carbonyl (C=O) groups is 1. The van der Waals surface area contributed by atoms with E-state index in [2.05, 4.69) is 38.3 Å². The molecule has 1 unspecified atom stereocenters. The standard InChI is InChI=1S/C16H18N4O2S3/c1-11(14(21)18-10-12-4-2-8-22-12)24-16-20-19-15(25-16)17-7-6-13-5-3-9-23-13/h2-5,8-9,11H,6-7,10H2,1H3,(H,17,19)(H,18,21). The average Bonchev–Trinajstić information content (AvgIpc) is 3.36. The van der Waals surface area contributed by atoms with E-state index >= 15 is 0 Å². The maximum absolute atomic E-state index is 12.1. The molecule has 3 aromatic heterocycles. The van der Waals surface area contributed by atoms with E-state index in [0.717, 1.165) is 28.2 Å². The van der Waals surface area contributed by atoms with Crippen LogP contribution in [0, 0.1) is 0 Å². The van der Waals surface area contributed by atoms with Gasteiger partial charge in [-0.25, -0.2) is 0 Å². The van der Waals surface area contributed by atoms with Gasteiger partial charge in [-0.15, -0.1) is 21.5 Å². The van der Waals surface area contributed by atoms with E-state index in [9.17, 15) is 4.79 Å². The number of carbonyl (C=O) groups excluding carboxylic acids is 1. The molecule has 0 fully saturated rings. The Morgan fingerprint density at radius 3 is 3.04 bits per heavy atom. The van der Waals surface area contributed by atoms with Crippen molar-refractivity contribution in [2.24, 2.45) is 0 Å². The van der Waals surface area contributed by atoms with E-state index in [0.29, 0.717) is 6.54 Å². The van der Waals surface area contributed by atoms with Gasteiger partial charge in [0.15, 0.2) is 4.34 Å². The molecule has 0 saturated carbocycles. The number of amides is 1. The second-order valence-corrected chi connectivity index (χ2v) is 8.78. The average molecular weight is 395 g/mol. The smallest absolute Gasteiger partial charge is 0.233 e. The molecule has 0 radical (unpaired) electrons. The Bertz CT molecular complexity index is 771. The lowest BCUT2D eigenvalue weighted by molar-refractivity contribution is -0.120. The largest absolute Gasteiger partial charge is 0.467 e. The van der Waals surface area contributed by atoms with E-state index in [1.165, 1.54) is 28.0 Å². The van der Waals surface area contributed by atoms with Gasteiger partial charge in [0, 0.05) is 11.4 Å². The predicted molar refractivity (Wildman–Crippen MR) is 102 cm³/mol. The Morgan fingerprint density at radius 1 is 1.36 bits per heavy atom. The van der Waals surface area contributed by atoms with E-state index in [1.54, 1.807) is 23.7 Å². The summed E-state index contributed by atoms with van der Waals surface area (Å²) in [4.78, 5) is 13.5. The normalized spacial score (nSPS) is 12.0. The zero-order chi connectivity index (χ0) is 17.5. The van der Waals surface area contributed by atoms with Crippen LogP contribution in [0.25, 0.3) is 0 Å². The lowest BCUT2D eigenvalue weighted by Crippen LogP contribution is -2.30. The lowest BCUT2D eigenvalue weighted by Gasteiger charge is -2.08. The fraction of sp³-hybridized carbons (Fsp3) is 0.312. The van der Waals surface area contributed by atoms with Crippen LogP contribution in [0.1, 0.15) is 17.6 Å². The van der Waals surface area contributed by atoms with Crippen LogP contribution in [0.2, 0.25) is 0 Å². The zero-order valence-corrected chi connectivity index (χ0v) is 16.0. The molecule has 0 aliphatic rings. The van der Waals surface area contributed by atoms with Gasteiger partial charge in [0.05, 0.1) is 18.1 Å². The van der Waals surface area contributed by atoms with Crippen LogP contribution >= 0.6 is 34.4 Å². The Labute approximate surface area is 158 Å². The van der Waals surface area contributed by atoms with Crippen molar-refractivity contribution >= 4 is 45.5 Å². The van der Waals surface area contributed by atoms with Crippen molar-refractivity contribution in [1.29, 1.82) is 0 Å². The van der Waals surface area contributed by atoms with Crippen molar-refractivity contribution in [3.63, 3.8) is 0 Å². The molecule has 3 rings (SSSR count). The molecule has 0 saturated heterocycles. The van der Waals surface area contributed by atoms with Crippen molar-refractivity contribution < 1.29 is 9.21 Å². The van der Waals surface area contributed by atoms with Gasteiger partial charge in [-0.1, -0.05) is 29.2 Å². The molecule has 25 heavy (non-hydrogen) atoms. The summed E-state index contributed by atoms with van der Waals surface area (Å²) in [5.41, 5.74) is 0. The maximum atomic E-state index is 12.1. The quantitative estimate of drug-likeness (QED) is 0.539. The molecule has 9 heteroatoms. The number of furan rings is 1. The number of hydrogen-bond acceptors (Lipinski definition) is 8. The molecular formula is C16H18N4O2S3. The summed E-state index contributed by atoms with van der Waals surface area (Å²) in [6.07, 6.45) is 2.55. The van der Waals surface area contributed by atoms with Gasteiger partial charge in [0.2, 0.25) is 11.0 Å². The van der Waals surface area contributed by atoms with Crippen LogP contribution in [-0.2, 0) is 17.8 Å². The lowest BCUT2D eigenvalue weighted by atomic mass is 10.3. The second kappa shape index (κ2) is 9.02. The maximum Gasteiger partial charge on any atom is 0.233 e. The number of thioether (sulfide) groups is 1. The van der Waals surface area contributed by atoms with Crippen molar-refractivity contribution in [3.05, 3.63) is 46.5 Å². The van der Waals surface area contributed by atoms with Crippen LogP contribution in [0.3, 0.4) is 0 Å². The number of hydrogen-bond donors (Lipinski definition) is 2. The Hall–Kier alpha value is -1.84. The fourth-order valence-electron chi connectivity index (χ4n) is 2.01. The molecule has 1 amide bonds. The van der Waals surface area contributed by atoms with Gasteiger partial charge in [0.25, 0.3) is 0 Å². The molecule has 132 valence electrons. The molecule has 2 N–H and O–H groups in total. The van der Waals surface area contributed by atoms with Gasteiger partial charge < -0.3 is 15.1 Å². The monoisotopic (exact) mass is 394 g/mol. The predicted octanol–water partition coefficient (Wildman–Crippen LogP) is 3.64. The fourth-order valence-corrected chi connectivity index (χ4v) is 4.67. The highest BCUT2D eigenvalue weighted by Gasteiger charge is 2.17. The summed E-state index contributed by atoms with van der Waals surface area (Å²) >= 11 is 4.62. The number of nitrogens with one attached hydrogen (secondary N) is 2. The molecule has 3 aromatic rings. The van der Waals surface area contributed by atoms with Crippen LogP contribution in [0.5, 0.6) is 0 Å². The van der Waals surface area contributed by atoms with E-state index in [4.69, 9.17) is 4.42 Å². The van der Waals surface area contributed by atoms with Gasteiger partial charge in [-0.3, -0.25) is 4.79 Å². The summed E-state index contributed by atoms with van der Waals surface area (Å²) < 4.78 is 5.98. The first-order valence-electron chi connectivity index (χ1n) is 7.77. The highest BCUT2D eigenvalue weighted by Crippen LogP contribution is 2.29. The first-order chi connectivity index (χ1) is 12.2. The molecule has 3 heterocycles. The van der Waals surface area contributed by atoms with E-state index in [1.807, 2.05) is 13.0 Å². The first-order valence-corrected chi connectivity index (χ1v) is 10.3. The third-order valence-electron chi connectivity index (χ3n) is 3.30. The number of nitrogens with zero attached hydrogens (tertiary/aromatic N) is 2. The first kappa shape index (κ1) is 18.0. The molecule has 0 aliphatic carbocycles. The minimum absolute atomic E-state index is 0.0520. The zero-order valence-electron chi connectivity index (χ0n) is 13.6. The number of aromatic nitrogens is 2. The molecule has 0 aromatic carbocycles. The summed E-state index contributed by atoms with van der Waals surface area (Å²) in [7, 11) is 0. The van der Waals surface area contributed by atoms with Crippen LogP contribution in [0.4, 0.5) is 5.13 Å². The van der Waals surface area contributed by atoms with Gasteiger partial charge in [0.1, 0.15) is 5.76 Å². The van der Waals surface area contributed by atoms with Gasteiger partial charge in [-0.05, 0) is 36.9 Å². The minimum atomic E-state index is -0.248. The molecule has 6 nitrogen and oxygen atoms in total. The topological polar surface area (TPSA) is 80.0 Å². The summed E-state index contributed by atoms with van der Waals surface area (Å²) in [6.45, 7) is 3.06. The van der Waals surface area contributed by atoms with Crippen molar-refractivity contribution in [1.82, 2.24) is 15.5 Å². The third kappa shape index (κ3) is 5.58. The highest BCUT2D eigenvalue weighted by atomic mass is 32.2. The second-order valence-electron chi connectivity index (χ2n) is 5.19. The molecule has 0 aliphatic heterocycles. The van der Waals surface area contributed by atoms with E-state index < -0.39 is 0 Å². The molecule has 0 bridgehead atoms. The van der Waals surface area contributed by atoms with Crippen molar-refractivity contribution in [2.45, 2.75) is 29.5 Å². The Kier molecular flexibility index (Phi) is 6.48. The minimum Gasteiger partial charge on any atom is -0.467 e. The van der Waals surface area contributed by atoms with Crippen LogP contribution < -0.4 is 10.6 Å². The Morgan fingerprint density at radius 2 is 2.28 bits per heavy atom. The summed E-state index contributed by atoms with van der Waals surface area (Å²) in [6, 6.07) is 7.81. The number of anilines is 1. The van der Waals surface area contributed by atoms with E-state index in [-0.39, 0.29) is 11.2 Å². The summed E-state index contributed by atoms with van der Waals surface area (Å²) in [5.74, 6) is 0.683. The SMILES string of the molecule is CC(Sc1nnc(NCCc2cccs2)s1)C(=O)NCc1ccco1. The Balaban J connectivity index is 1.41. The molecule has 1 atom stereocenters. The van der Waals surface area contributed by atoms with Crippen molar-refractivity contribution in [2.75, 3.05) is 11.9 Å². The molecule has 0 spiro atoms. The van der Waals surface area contributed by atoms with Gasteiger partial charge >= 0.3 is 0 Å².